The zero-order chi connectivity index (χ0) is 17.5. The molecule has 0 fully saturated rings. The summed E-state index contributed by atoms with van der Waals surface area (Å²) in [6.07, 6.45) is 19.8. The molecule has 2 aliphatic rings. The molecule has 0 saturated carbocycles. The molecule has 2 heterocycles. The molecule has 1 aromatic rings. The maximum atomic E-state index is 4.64. The number of rotatable bonds is 7. The molecular formula is C23H28N2. The first-order valence-corrected chi connectivity index (χ1v) is 9.47. The quantitative estimate of drug-likeness (QED) is 0.526. The van der Waals surface area contributed by atoms with Gasteiger partial charge in [0.15, 0.2) is 0 Å². The van der Waals surface area contributed by atoms with Gasteiger partial charge in [0.2, 0.25) is 0 Å². The highest BCUT2D eigenvalue weighted by atomic mass is 15.1. The van der Waals surface area contributed by atoms with Crippen LogP contribution in [0.5, 0.6) is 0 Å². The van der Waals surface area contributed by atoms with Crippen molar-refractivity contribution in [2.24, 2.45) is 4.99 Å². The number of hydrogen-bond donors (Lipinski definition) is 0. The summed E-state index contributed by atoms with van der Waals surface area (Å²) in [4.78, 5) is 6.92. The van der Waals surface area contributed by atoms with E-state index in [2.05, 4.69) is 78.6 Å². The second-order valence-corrected chi connectivity index (χ2v) is 6.74. The van der Waals surface area contributed by atoms with Crippen LogP contribution in [0.2, 0.25) is 0 Å². The fourth-order valence-corrected chi connectivity index (χ4v) is 3.25. The monoisotopic (exact) mass is 332 g/mol. The summed E-state index contributed by atoms with van der Waals surface area (Å²) < 4.78 is 0. The van der Waals surface area contributed by atoms with Crippen molar-refractivity contribution >= 4 is 17.0 Å². The number of hydrogen-bond acceptors (Lipinski definition) is 2. The fraction of sp³-hybridized carbons (Fsp3) is 0.348. The van der Waals surface area contributed by atoms with Gasteiger partial charge in [-0.25, -0.2) is 0 Å². The Morgan fingerprint density at radius 2 is 1.72 bits per heavy atom. The standard InChI is InChI=1S/C23H28N2/c1-3-4-5-6-9-16-25-17-14-20(15-18-25)12-13-21-19(2)24-23-11-8-7-10-22(21)23/h7-8,10-15,17-18H,3-6,9,16H2,1-2H3/b21-13+. The van der Waals surface area contributed by atoms with Gasteiger partial charge in [0, 0.05) is 35.8 Å². The van der Waals surface area contributed by atoms with Gasteiger partial charge in [-0.2, -0.15) is 0 Å². The molecule has 0 bridgehead atoms. The molecule has 130 valence electrons. The first-order valence-electron chi connectivity index (χ1n) is 9.47. The average Bonchev–Trinajstić information content (AvgIpc) is 2.96. The third-order valence-corrected chi connectivity index (χ3v) is 4.75. The highest BCUT2D eigenvalue weighted by Crippen LogP contribution is 2.34. The van der Waals surface area contributed by atoms with E-state index in [1.165, 1.54) is 48.8 Å². The Kier molecular flexibility index (Phi) is 6.05. The second kappa shape index (κ2) is 8.66. The minimum atomic E-state index is 1.08. The summed E-state index contributed by atoms with van der Waals surface area (Å²) in [7, 11) is 0. The third-order valence-electron chi connectivity index (χ3n) is 4.75. The summed E-state index contributed by atoms with van der Waals surface area (Å²) in [5.74, 6) is 0. The zero-order valence-corrected chi connectivity index (χ0v) is 15.4. The zero-order valence-electron chi connectivity index (χ0n) is 15.4. The van der Waals surface area contributed by atoms with Crippen molar-refractivity contribution in [2.45, 2.75) is 46.0 Å². The predicted molar refractivity (Wildman–Crippen MR) is 109 cm³/mol. The SMILES string of the molecule is CCCCCCCN1C=CC(=C/C=C2\C(C)=Nc3ccccc32)C=C1. The molecule has 3 rings (SSSR count). The number of para-hydroxylation sites is 1. The normalized spacial score (nSPS) is 17.2. The molecule has 1 aromatic carbocycles. The van der Waals surface area contributed by atoms with E-state index in [1.54, 1.807) is 0 Å². The molecule has 0 aromatic heterocycles. The number of allylic oxidation sites excluding steroid dienone is 6. The molecule has 25 heavy (non-hydrogen) atoms. The highest BCUT2D eigenvalue weighted by Gasteiger charge is 2.15. The van der Waals surface area contributed by atoms with Crippen LogP contribution in [0.4, 0.5) is 5.69 Å². The van der Waals surface area contributed by atoms with E-state index in [9.17, 15) is 0 Å². The van der Waals surface area contributed by atoms with Crippen molar-refractivity contribution < 1.29 is 0 Å². The van der Waals surface area contributed by atoms with Crippen LogP contribution in [-0.2, 0) is 0 Å². The summed E-state index contributed by atoms with van der Waals surface area (Å²) >= 11 is 0. The molecule has 0 aliphatic carbocycles. The molecule has 0 atom stereocenters. The Morgan fingerprint density at radius 1 is 0.960 bits per heavy atom. The Balaban J connectivity index is 1.57. The van der Waals surface area contributed by atoms with E-state index in [0.717, 1.165) is 17.9 Å². The van der Waals surface area contributed by atoms with E-state index < -0.39 is 0 Å². The highest BCUT2D eigenvalue weighted by molar-refractivity contribution is 6.28. The van der Waals surface area contributed by atoms with Crippen molar-refractivity contribution in [1.82, 2.24) is 4.90 Å². The van der Waals surface area contributed by atoms with Crippen LogP contribution in [-0.4, -0.2) is 17.2 Å². The number of benzene rings is 1. The van der Waals surface area contributed by atoms with Gasteiger partial charge in [0.25, 0.3) is 0 Å². The Morgan fingerprint density at radius 3 is 2.52 bits per heavy atom. The van der Waals surface area contributed by atoms with Gasteiger partial charge in [-0.3, -0.25) is 4.99 Å². The van der Waals surface area contributed by atoms with Gasteiger partial charge < -0.3 is 4.90 Å². The number of aliphatic imine (C=N–C) groups is 1. The average molecular weight is 332 g/mol. The molecule has 0 unspecified atom stereocenters. The van der Waals surface area contributed by atoms with E-state index >= 15 is 0 Å². The molecule has 0 amide bonds. The maximum Gasteiger partial charge on any atom is 0.0712 e. The molecule has 2 heteroatoms. The van der Waals surface area contributed by atoms with Crippen LogP contribution in [0.25, 0.3) is 5.57 Å². The summed E-state index contributed by atoms with van der Waals surface area (Å²) in [5, 5.41) is 0. The van der Waals surface area contributed by atoms with Gasteiger partial charge in [0.1, 0.15) is 0 Å². The first-order chi connectivity index (χ1) is 12.3. The molecular weight excluding hydrogens is 304 g/mol. The number of unbranched alkanes of at least 4 members (excludes halogenated alkanes) is 4. The van der Waals surface area contributed by atoms with Crippen molar-refractivity contribution in [3.05, 3.63) is 72.1 Å². The minimum Gasteiger partial charge on any atom is -0.354 e. The predicted octanol–water partition coefficient (Wildman–Crippen LogP) is 6.42. The van der Waals surface area contributed by atoms with Gasteiger partial charge in [-0.1, -0.05) is 63.0 Å². The minimum absolute atomic E-state index is 1.08. The van der Waals surface area contributed by atoms with Crippen molar-refractivity contribution in [3.8, 4) is 0 Å². The van der Waals surface area contributed by atoms with Crippen LogP contribution in [0.1, 0.15) is 51.5 Å². The molecule has 2 aliphatic heterocycles. The second-order valence-electron chi connectivity index (χ2n) is 6.74. The van der Waals surface area contributed by atoms with Crippen LogP contribution in [0.15, 0.2) is 71.5 Å². The van der Waals surface area contributed by atoms with Crippen molar-refractivity contribution in [2.75, 3.05) is 6.54 Å². The smallest absolute Gasteiger partial charge is 0.0712 e. The first kappa shape index (κ1) is 17.5. The lowest BCUT2D eigenvalue weighted by Gasteiger charge is -2.18. The lowest BCUT2D eigenvalue weighted by molar-refractivity contribution is 0.465. The van der Waals surface area contributed by atoms with Gasteiger partial charge in [0.05, 0.1) is 5.69 Å². The van der Waals surface area contributed by atoms with Crippen molar-refractivity contribution in [3.63, 3.8) is 0 Å². The van der Waals surface area contributed by atoms with E-state index in [4.69, 9.17) is 0 Å². The maximum absolute atomic E-state index is 4.64. The molecule has 0 saturated heterocycles. The van der Waals surface area contributed by atoms with E-state index in [0.29, 0.717) is 0 Å². The number of nitrogens with zero attached hydrogens (tertiary/aromatic N) is 2. The van der Waals surface area contributed by atoms with Crippen LogP contribution < -0.4 is 0 Å². The van der Waals surface area contributed by atoms with Gasteiger partial charge in [-0.05, 0) is 37.1 Å². The Hall–Kier alpha value is -2.35. The molecule has 0 radical (unpaired) electrons. The van der Waals surface area contributed by atoms with Crippen LogP contribution >= 0.6 is 0 Å². The third kappa shape index (κ3) is 4.60. The molecule has 0 spiro atoms. The Bertz CT molecular complexity index is 731. The topological polar surface area (TPSA) is 15.6 Å². The number of fused-ring (bicyclic) bond motifs is 1. The lowest BCUT2D eigenvalue weighted by Crippen LogP contribution is -2.13. The van der Waals surface area contributed by atoms with E-state index in [-0.39, 0.29) is 0 Å². The largest absolute Gasteiger partial charge is 0.354 e. The van der Waals surface area contributed by atoms with Crippen molar-refractivity contribution in [1.29, 1.82) is 0 Å². The molecule has 0 N–H and O–H groups in total. The van der Waals surface area contributed by atoms with Gasteiger partial charge in [-0.15, -0.1) is 0 Å². The summed E-state index contributed by atoms with van der Waals surface area (Å²) in [6, 6.07) is 8.34. The summed E-state index contributed by atoms with van der Waals surface area (Å²) in [6.45, 7) is 5.46. The van der Waals surface area contributed by atoms with Gasteiger partial charge >= 0.3 is 0 Å². The molecule has 2 nitrogen and oxygen atoms in total. The fourth-order valence-electron chi connectivity index (χ4n) is 3.25. The summed E-state index contributed by atoms with van der Waals surface area (Å²) in [5.41, 5.74) is 5.86. The lowest BCUT2D eigenvalue weighted by atomic mass is 10.0. The Labute approximate surface area is 152 Å². The van der Waals surface area contributed by atoms with Crippen LogP contribution in [0.3, 0.4) is 0 Å². The van der Waals surface area contributed by atoms with E-state index in [1.807, 2.05) is 6.07 Å². The van der Waals surface area contributed by atoms with Crippen LogP contribution in [0, 0.1) is 0 Å².